The predicted molar refractivity (Wildman–Crippen MR) is 110 cm³/mol. The number of pyridine rings is 1. The molecule has 1 aliphatic rings. The van der Waals surface area contributed by atoms with Crippen molar-refractivity contribution in [2.24, 2.45) is 5.92 Å². The van der Waals surface area contributed by atoms with Gasteiger partial charge in [0.2, 0.25) is 5.95 Å². The minimum Gasteiger partial charge on any atom is -0.390 e. The summed E-state index contributed by atoms with van der Waals surface area (Å²) in [5.74, 6) is 2.40. The van der Waals surface area contributed by atoms with Crippen LogP contribution < -0.4 is 10.2 Å². The van der Waals surface area contributed by atoms with Gasteiger partial charge in [-0.1, -0.05) is 6.92 Å². The summed E-state index contributed by atoms with van der Waals surface area (Å²) in [6, 6.07) is 3.98. The van der Waals surface area contributed by atoms with Gasteiger partial charge in [-0.2, -0.15) is 4.98 Å². The van der Waals surface area contributed by atoms with Crippen molar-refractivity contribution in [3.05, 3.63) is 30.4 Å². The van der Waals surface area contributed by atoms with Crippen molar-refractivity contribution >= 4 is 28.6 Å². The molecule has 1 aliphatic heterocycles. The highest BCUT2D eigenvalue weighted by Crippen LogP contribution is 2.26. The number of aliphatic hydroxyl groups is 1. The average molecular weight is 399 g/mol. The number of hydrogen-bond acceptors (Lipinski definition) is 7. The second kappa shape index (κ2) is 7.55. The lowest BCUT2D eigenvalue weighted by atomic mass is 9.95. The third-order valence-electron chi connectivity index (χ3n) is 5.31. The monoisotopic (exact) mass is 399 g/mol. The van der Waals surface area contributed by atoms with Crippen LogP contribution in [0.25, 0.3) is 11.0 Å². The van der Waals surface area contributed by atoms with Gasteiger partial charge in [0.25, 0.3) is 0 Å². The fourth-order valence-corrected chi connectivity index (χ4v) is 3.91. The zero-order chi connectivity index (χ0) is 20.7. The number of imidazole rings is 1. The second-order valence-corrected chi connectivity index (χ2v) is 7.94. The SMILES string of the molecule is Cc1nc2cnc(Nc3ccnc(N4C[C@@H](C)[C@@H](O)[C@@H](F)C4)n3)cc2n1C(C)C. The molecule has 0 saturated carbocycles. The molecule has 0 unspecified atom stereocenters. The molecule has 4 heterocycles. The highest BCUT2D eigenvalue weighted by atomic mass is 19.1. The fourth-order valence-electron chi connectivity index (χ4n) is 3.91. The number of halogens is 1. The van der Waals surface area contributed by atoms with Gasteiger partial charge in [0.05, 0.1) is 24.4 Å². The maximum Gasteiger partial charge on any atom is 0.227 e. The Kier molecular flexibility index (Phi) is 5.08. The third kappa shape index (κ3) is 3.74. The molecule has 1 fully saturated rings. The number of nitrogens with one attached hydrogen (secondary N) is 1. The molecule has 3 aromatic heterocycles. The minimum atomic E-state index is -1.32. The molecular weight excluding hydrogens is 373 g/mol. The Morgan fingerprint density at radius 2 is 2.00 bits per heavy atom. The van der Waals surface area contributed by atoms with Crippen LogP contribution in [-0.2, 0) is 0 Å². The molecular formula is C20H26FN7O. The molecule has 4 rings (SSSR count). The Morgan fingerprint density at radius 3 is 2.72 bits per heavy atom. The van der Waals surface area contributed by atoms with Crippen LogP contribution in [0.5, 0.6) is 0 Å². The lowest BCUT2D eigenvalue weighted by Crippen LogP contribution is -2.50. The first-order valence-corrected chi connectivity index (χ1v) is 9.85. The van der Waals surface area contributed by atoms with Gasteiger partial charge in [-0.05, 0) is 26.8 Å². The number of piperidine rings is 1. The van der Waals surface area contributed by atoms with Crippen molar-refractivity contribution in [2.45, 2.75) is 46.0 Å². The maximum absolute atomic E-state index is 14.1. The summed E-state index contributed by atoms with van der Waals surface area (Å²) in [6.07, 6.45) is 1.11. The number of alkyl halides is 1. The Bertz CT molecular complexity index is 1010. The van der Waals surface area contributed by atoms with Gasteiger partial charge in [0, 0.05) is 30.8 Å². The molecule has 29 heavy (non-hydrogen) atoms. The van der Waals surface area contributed by atoms with E-state index < -0.39 is 12.3 Å². The van der Waals surface area contributed by atoms with Gasteiger partial charge in [-0.3, -0.25) is 0 Å². The smallest absolute Gasteiger partial charge is 0.227 e. The Balaban J connectivity index is 1.59. The maximum atomic E-state index is 14.1. The summed E-state index contributed by atoms with van der Waals surface area (Å²) < 4.78 is 16.2. The van der Waals surface area contributed by atoms with Crippen LogP contribution in [0.3, 0.4) is 0 Å². The average Bonchev–Trinajstić information content (AvgIpc) is 3.01. The topological polar surface area (TPSA) is 92.0 Å². The van der Waals surface area contributed by atoms with Gasteiger partial charge in [-0.25, -0.2) is 19.3 Å². The van der Waals surface area contributed by atoms with Crippen LogP contribution in [0.4, 0.5) is 22.0 Å². The molecule has 0 aliphatic carbocycles. The molecule has 3 aromatic rings. The number of rotatable bonds is 4. The summed E-state index contributed by atoms with van der Waals surface area (Å²) >= 11 is 0. The molecule has 2 N–H and O–H groups in total. The van der Waals surface area contributed by atoms with Crippen molar-refractivity contribution in [1.29, 1.82) is 0 Å². The zero-order valence-corrected chi connectivity index (χ0v) is 17.0. The van der Waals surface area contributed by atoms with E-state index in [4.69, 9.17) is 0 Å². The largest absolute Gasteiger partial charge is 0.390 e. The molecule has 0 aromatic carbocycles. The predicted octanol–water partition coefficient (Wildman–Crippen LogP) is 3.01. The third-order valence-corrected chi connectivity index (χ3v) is 5.31. The Morgan fingerprint density at radius 1 is 1.21 bits per heavy atom. The van der Waals surface area contributed by atoms with Crippen LogP contribution in [0.15, 0.2) is 24.5 Å². The van der Waals surface area contributed by atoms with Gasteiger partial charge in [0.15, 0.2) is 0 Å². The molecule has 3 atom stereocenters. The van der Waals surface area contributed by atoms with Crippen LogP contribution >= 0.6 is 0 Å². The van der Waals surface area contributed by atoms with Crippen molar-refractivity contribution < 1.29 is 9.50 Å². The van der Waals surface area contributed by atoms with Gasteiger partial charge in [0.1, 0.15) is 29.1 Å². The number of aromatic nitrogens is 5. The highest BCUT2D eigenvalue weighted by Gasteiger charge is 2.34. The summed E-state index contributed by atoms with van der Waals surface area (Å²) in [5, 5.41) is 13.0. The number of aryl methyl sites for hydroxylation is 1. The standard InChI is InChI=1S/C20H26FN7O/c1-11(2)28-13(4)24-15-8-23-18(7-16(15)28)25-17-5-6-22-20(26-17)27-9-12(3)19(29)14(21)10-27/h5-8,11-12,14,19,29H,9-10H2,1-4H3,(H,22,23,25,26)/t12-,14+,19-/m1/s1. The van der Waals surface area contributed by atoms with E-state index in [1.54, 1.807) is 23.4 Å². The summed E-state index contributed by atoms with van der Waals surface area (Å²) in [7, 11) is 0. The highest BCUT2D eigenvalue weighted by molar-refractivity contribution is 5.79. The van der Waals surface area contributed by atoms with Crippen LogP contribution in [0, 0.1) is 12.8 Å². The molecule has 0 radical (unpaired) electrons. The zero-order valence-electron chi connectivity index (χ0n) is 17.0. The van der Waals surface area contributed by atoms with E-state index in [1.807, 2.05) is 19.9 Å². The molecule has 1 saturated heterocycles. The van der Waals surface area contributed by atoms with Crippen molar-refractivity contribution in [1.82, 2.24) is 24.5 Å². The van der Waals surface area contributed by atoms with E-state index in [2.05, 4.69) is 43.7 Å². The van der Waals surface area contributed by atoms with Gasteiger partial charge in [-0.15, -0.1) is 0 Å². The van der Waals surface area contributed by atoms with Crippen LogP contribution in [0.1, 0.15) is 32.6 Å². The number of nitrogens with zero attached hydrogens (tertiary/aromatic N) is 6. The number of aliphatic hydroxyl groups excluding tert-OH is 1. The molecule has 154 valence electrons. The second-order valence-electron chi connectivity index (χ2n) is 7.94. The van der Waals surface area contributed by atoms with Gasteiger partial charge >= 0.3 is 0 Å². The van der Waals surface area contributed by atoms with E-state index in [1.165, 1.54) is 0 Å². The van der Waals surface area contributed by atoms with E-state index in [0.29, 0.717) is 24.1 Å². The van der Waals surface area contributed by atoms with Crippen molar-refractivity contribution in [3.63, 3.8) is 0 Å². The molecule has 0 bridgehead atoms. The number of anilines is 3. The van der Waals surface area contributed by atoms with Crippen molar-refractivity contribution in [3.8, 4) is 0 Å². The number of fused-ring (bicyclic) bond motifs is 1. The normalized spacial score (nSPS) is 22.4. The fraction of sp³-hybridized carbons (Fsp3) is 0.500. The quantitative estimate of drug-likeness (QED) is 0.697. The number of hydrogen-bond donors (Lipinski definition) is 2. The molecule has 8 nitrogen and oxygen atoms in total. The first-order valence-electron chi connectivity index (χ1n) is 9.85. The van der Waals surface area contributed by atoms with Crippen LogP contribution in [-0.4, -0.2) is 55.0 Å². The molecule has 9 heteroatoms. The summed E-state index contributed by atoms with van der Waals surface area (Å²) in [5.41, 5.74) is 1.85. The lowest BCUT2D eigenvalue weighted by Gasteiger charge is -2.36. The Labute approximate surface area is 168 Å². The lowest BCUT2D eigenvalue weighted by molar-refractivity contribution is 0.0238. The van der Waals surface area contributed by atoms with E-state index in [-0.39, 0.29) is 18.5 Å². The molecule has 0 amide bonds. The minimum absolute atomic E-state index is 0.0754. The summed E-state index contributed by atoms with van der Waals surface area (Å²) in [4.78, 5) is 19.6. The first kappa shape index (κ1) is 19.5. The first-order chi connectivity index (χ1) is 13.8. The van der Waals surface area contributed by atoms with E-state index in [9.17, 15) is 9.50 Å². The van der Waals surface area contributed by atoms with E-state index in [0.717, 1.165) is 16.9 Å². The van der Waals surface area contributed by atoms with Crippen LogP contribution in [0.2, 0.25) is 0 Å². The Hall–Kier alpha value is -2.81. The van der Waals surface area contributed by atoms with Gasteiger partial charge < -0.3 is 19.9 Å². The van der Waals surface area contributed by atoms with Crippen molar-refractivity contribution in [2.75, 3.05) is 23.3 Å². The van der Waals surface area contributed by atoms with E-state index >= 15 is 0 Å². The summed E-state index contributed by atoms with van der Waals surface area (Å²) in [6.45, 7) is 8.62. The molecule has 0 spiro atoms.